The Morgan fingerprint density at radius 3 is 2.70 bits per heavy atom. The lowest BCUT2D eigenvalue weighted by molar-refractivity contribution is -0.131. The van der Waals surface area contributed by atoms with Crippen LogP contribution in [-0.4, -0.2) is 58.7 Å². The predicted molar refractivity (Wildman–Crippen MR) is 123 cm³/mol. The van der Waals surface area contributed by atoms with E-state index in [0.717, 1.165) is 10.9 Å². The second kappa shape index (κ2) is 9.49. The zero-order chi connectivity index (χ0) is 23.4. The summed E-state index contributed by atoms with van der Waals surface area (Å²) in [5.41, 5.74) is 1.89. The molecule has 1 aromatic heterocycles. The van der Waals surface area contributed by atoms with E-state index in [1.165, 1.54) is 9.80 Å². The fraction of sp³-hybridized carbons (Fsp3) is 0.240. The van der Waals surface area contributed by atoms with Gasteiger partial charge in [0.2, 0.25) is 11.8 Å². The highest BCUT2D eigenvalue weighted by atomic mass is 16.2. The molecular weight excluding hydrogens is 418 g/mol. The third-order valence-corrected chi connectivity index (χ3v) is 5.75. The average molecular weight is 441 g/mol. The number of nitrogens with one attached hydrogen (secondary N) is 1. The van der Waals surface area contributed by atoms with Crippen molar-refractivity contribution in [2.75, 3.05) is 25.5 Å². The van der Waals surface area contributed by atoms with E-state index in [1.54, 1.807) is 49.6 Å². The van der Waals surface area contributed by atoms with Crippen LogP contribution in [0, 0.1) is 17.2 Å². The smallest absolute Gasteiger partial charge is 0.254 e. The van der Waals surface area contributed by atoms with E-state index in [-0.39, 0.29) is 37.2 Å². The van der Waals surface area contributed by atoms with Crippen LogP contribution in [0.5, 0.6) is 0 Å². The largest absolute Gasteiger partial charge is 0.332 e. The first-order chi connectivity index (χ1) is 16.0. The molecule has 1 fully saturated rings. The molecule has 8 nitrogen and oxygen atoms in total. The van der Waals surface area contributed by atoms with Gasteiger partial charge in [-0.05, 0) is 42.8 Å². The Kier molecular flexibility index (Phi) is 6.31. The zero-order valence-electron chi connectivity index (χ0n) is 18.1. The summed E-state index contributed by atoms with van der Waals surface area (Å²) < 4.78 is 0. The van der Waals surface area contributed by atoms with Crippen LogP contribution in [0.3, 0.4) is 0 Å². The first-order valence-corrected chi connectivity index (χ1v) is 10.6. The summed E-state index contributed by atoms with van der Waals surface area (Å²) >= 11 is 0. The normalized spacial score (nSPS) is 17.4. The number of hydrogen-bond donors (Lipinski definition) is 1. The predicted octanol–water partition coefficient (Wildman–Crippen LogP) is 2.69. The summed E-state index contributed by atoms with van der Waals surface area (Å²) in [4.78, 5) is 45.4. The van der Waals surface area contributed by atoms with Gasteiger partial charge in [0.15, 0.2) is 0 Å². The monoisotopic (exact) mass is 441 g/mol. The number of pyridine rings is 1. The number of rotatable bonds is 5. The van der Waals surface area contributed by atoms with Gasteiger partial charge in [0.25, 0.3) is 5.91 Å². The maximum atomic E-state index is 12.9. The van der Waals surface area contributed by atoms with Gasteiger partial charge in [-0.1, -0.05) is 24.3 Å². The van der Waals surface area contributed by atoms with Gasteiger partial charge in [0.1, 0.15) is 6.04 Å². The Balaban J connectivity index is 1.40. The first-order valence-electron chi connectivity index (χ1n) is 10.6. The van der Waals surface area contributed by atoms with Gasteiger partial charge in [-0.2, -0.15) is 5.26 Å². The molecule has 3 aromatic rings. The van der Waals surface area contributed by atoms with Crippen molar-refractivity contribution in [2.45, 2.75) is 12.5 Å². The van der Waals surface area contributed by atoms with E-state index in [4.69, 9.17) is 0 Å². The van der Waals surface area contributed by atoms with E-state index < -0.39 is 12.0 Å². The Morgan fingerprint density at radius 1 is 1.15 bits per heavy atom. The van der Waals surface area contributed by atoms with Crippen molar-refractivity contribution in [1.82, 2.24) is 14.8 Å². The van der Waals surface area contributed by atoms with Crippen LogP contribution in [0.2, 0.25) is 0 Å². The van der Waals surface area contributed by atoms with Crippen LogP contribution in [-0.2, 0) is 9.59 Å². The van der Waals surface area contributed by atoms with Crippen molar-refractivity contribution < 1.29 is 14.4 Å². The Bertz CT molecular complexity index is 1240. The van der Waals surface area contributed by atoms with E-state index in [0.29, 0.717) is 11.3 Å². The minimum absolute atomic E-state index is 0.138. The van der Waals surface area contributed by atoms with Crippen molar-refractivity contribution in [3.63, 3.8) is 0 Å². The third-order valence-electron chi connectivity index (χ3n) is 5.75. The van der Waals surface area contributed by atoms with Gasteiger partial charge < -0.3 is 15.1 Å². The van der Waals surface area contributed by atoms with Gasteiger partial charge in [0, 0.05) is 36.4 Å². The molecule has 0 spiro atoms. The van der Waals surface area contributed by atoms with E-state index in [1.807, 2.05) is 24.3 Å². The number of para-hydroxylation sites is 1. The number of likely N-dealkylation sites (tertiary alicyclic amines) is 1. The minimum atomic E-state index is -0.709. The van der Waals surface area contributed by atoms with Gasteiger partial charge >= 0.3 is 0 Å². The fourth-order valence-corrected chi connectivity index (χ4v) is 3.98. The van der Waals surface area contributed by atoms with Gasteiger partial charge in [-0.25, -0.2) is 0 Å². The van der Waals surface area contributed by atoms with Crippen molar-refractivity contribution in [3.8, 4) is 6.07 Å². The average Bonchev–Trinajstić information content (AvgIpc) is 3.29. The van der Waals surface area contributed by atoms with E-state index >= 15 is 0 Å². The fourth-order valence-electron chi connectivity index (χ4n) is 3.98. The lowest BCUT2D eigenvalue weighted by atomic mass is 10.1. The lowest BCUT2D eigenvalue weighted by Gasteiger charge is -2.24. The molecule has 1 aliphatic heterocycles. The topological polar surface area (TPSA) is 106 Å². The zero-order valence-corrected chi connectivity index (χ0v) is 18.1. The number of amides is 3. The number of likely N-dealkylation sites (N-methyl/N-ethyl adjacent to an activating group) is 1. The third kappa shape index (κ3) is 4.83. The number of benzene rings is 2. The van der Waals surface area contributed by atoms with Crippen molar-refractivity contribution in [2.24, 2.45) is 5.92 Å². The first kappa shape index (κ1) is 22.0. The molecule has 166 valence electrons. The summed E-state index contributed by atoms with van der Waals surface area (Å²) in [5, 5.41) is 13.2. The SMILES string of the molecule is CN(CC(=O)N1CC(C(=O)Nc2ccccc2)CC1C#N)C(=O)c1ccc2ncccc2c1. The number of aromatic nitrogens is 1. The van der Waals surface area contributed by atoms with E-state index in [9.17, 15) is 19.6 Å². The number of nitriles is 1. The van der Waals surface area contributed by atoms with Crippen LogP contribution < -0.4 is 5.32 Å². The molecule has 2 aromatic carbocycles. The molecule has 0 radical (unpaired) electrons. The molecule has 33 heavy (non-hydrogen) atoms. The molecule has 8 heteroatoms. The van der Waals surface area contributed by atoms with Crippen LogP contribution in [0.1, 0.15) is 16.8 Å². The summed E-state index contributed by atoms with van der Waals surface area (Å²) in [6.45, 7) is -0.0471. The molecule has 3 amide bonds. The highest BCUT2D eigenvalue weighted by Crippen LogP contribution is 2.25. The number of nitrogens with zero attached hydrogens (tertiary/aromatic N) is 4. The molecule has 0 bridgehead atoms. The highest BCUT2D eigenvalue weighted by molar-refractivity contribution is 5.99. The molecule has 2 unspecified atom stereocenters. The molecule has 1 aliphatic rings. The van der Waals surface area contributed by atoms with Crippen LogP contribution in [0.25, 0.3) is 10.9 Å². The number of hydrogen-bond acceptors (Lipinski definition) is 5. The van der Waals surface area contributed by atoms with Gasteiger partial charge in [0.05, 0.1) is 24.0 Å². The van der Waals surface area contributed by atoms with E-state index in [2.05, 4.69) is 16.4 Å². The second-order valence-electron chi connectivity index (χ2n) is 8.05. The quantitative estimate of drug-likeness (QED) is 0.655. The molecule has 2 heterocycles. The maximum absolute atomic E-state index is 12.9. The molecule has 4 rings (SSSR count). The second-order valence-corrected chi connectivity index (χ2v) is 8.05. The number of anilines is 1. The summed E-state index contributed by atoms with van der Waals surface area (Å²) in [7, 11) is 1.55. The molecule has 1 N–H and O–H groups in total. The Morgan fingerprint density at radius 2 is 1.94 bits per heavy atom. The van der Waals surface area contributed by atoms with Crippen LogP contribution in [0.15, 0.2) is 66.9 Å². The minimum Gasteiger partial charge on any atom is -0.332 e. The van der Waals surface area contributed by atoms with Gasteiger partial charge in [-0.15, -0.1) is 0 Å². The number of carbonyl (C=O) groups excluding carboxylic acids is 3. The maximum Gasteiger partial charge on any atom is 0.254 e. The van der Waals surface area contributed by atoms with Gasteiger partial charge in [-0.3, -0.25) is 19.4 Å². The standard InChI is InChI=1S/C25H23N5O3/c1-29(25(33)18-9-10-22-17(12-18)6-5-11-27-22)16-23(31)30-15-19(13-21(30)14-26)24(32)28-20-7-3-2-4-8-20/h2-12,19,21H,13,15-16H2,1H3,(H,28,32). The molecule has 0 saturated carbocycles. The lowest BCUT2D eigenvalue weighted by Crippen LogP contribution is -2.43. The highest BCUT2D eigenvalue weighted by Gasteiger charge is 2.39. The summed E-state index contributed by atoms with van der Waals surface area (Å²) in [6, 6.07) is 19.3. The Hall–Kier alpha value is -4.25. The molecule has 1 saturated heterocycles. The van der Waals surface area contributed by atoms with Crippen LogP contribution >= 0.6 is 0 Å². The molecule has 2 atom stereocenters. The number of fused-ring (bicyclic) bond motifs is 1. The van der Waals surface area contributed by atoms with Crippen LogP contribution in [0.4, 0.5) is 5.69 Å². The van der Waals surface area contributed by atoms with Crippen molar-refractivity contribution in [1.29, 1.82) is 5.26 Å². The summed E-state index contributed by atoms with van der Waals surface area (Å²) in [6.07, 6.45) is 1.94. The Labute approximate surface area is 191 Å². The van der Waals surface area contributed by atoms with Crippen molar-refractivity contribution >= 4 is 34.3 Å². The summed E-state index contributed by atoms with van der Waals surface area (Å²) in [5.74, 6) is -1.39. The van der Waals surface area contributed by atoms with Crippen molar-refractivity contribution in [3.05, 3.63) is 72.4 Å². The molecule has 0 aliphatic carbocycles. The number of carbonyl (C=O) groups is 3. The molecular formula is C25H23N5O3.